The molecule has 0 aliphatic carbocycles. The van der Waals surface area contributed by atoms with Gasteiger partial charge in [-0.1, -0.05) is 121 Å². The number of hydrogen-bond acceptors (Lipinski definition) is 2. The molecule has 51 heavy (non-hydrogen) atoms. The van der Waals surface area contributed by atoms with E-state index in [0.717, 1.165) is 44.7 Å². The third-order valence-corrected chi connectivity index (χ3v) is 10.5. The summed E-state index contributed by atoms with van der Waals surface area (Å²) in [6.07, 6.45) is 0. The van der Waals surface area contributed by atoms with E-state index < -0.39 is 0 Å². The zero-order valence-corrected chi connectivity index (χ0v) is 27.6. The van der Waals surface area contributed by atoms with E-state index in [1.54, 1.807) is 0 Å². The molecule has 0 amide bonds. The molecule has 0 radical (unpaired) electrons. The Morgan fingerprint density at radius 1 is 0.373 bits per heavy atom. The van der Waals surface area contributed by atoms with E-state index in [-0.39, 0.29) is 0 Å². The molecule has 3 heteroatoms. The van der Waals surface area contributed by atoms with Gasteiger partial charge in [0.15, 0.2) is 0 Å². The second kappa shape index (κ2) is 10.8. The van der Waals surface area contributed by atoms with Gasteiger partial charge in [0.25, 0.3) is 0 Å². The van der Waals surface area contributed by atoms with Crippen LogP contribution in [0.5, 0.6) is 0 Å². The highest BCUT2D eigenvalue weighted by atomic mass is 16.3. The van der Waals surface area contributed by atoms with Crippen molar-refractivity contribution in [3.63, 3.8) is 0 Å². The van der Waals surface area contributed by atoms with E-state index in [1.165, 1.54) is 54.1 Å². The van der Waals surface area contributed by atoms with Crippen LogP contribution in [0.4, 0.5) is 17.1 Å². The van der Waals surface area contributed by atoms with Gasteiger partial charge in [-0.3, -0.25) is 0 Å². The van der Waals surface area contributed by atoms with Crippen molar-refractivity contribution in [2.45, 2.75) is 0 Å². The normalized spacial score (nSPS) is 11.9. The number of rotatable bonds is 4. The van der Waals surface area contributed by atoms with Crippen molar-refractivity contribution in [3.8, 4) is 5.69 Å². The van der Waals surface area contributed by atoms with Crippen LogP contribution in [0.2, 0.25) is 0 Å². The summed E-state index contributed by atoms with van der Waals surface area (Å²) in [5.41, 5.74) is 8.55. The Bertz CT molecular complexity index is 3150. The first-order valence-electron chi connectivity index (χ1n) is 17.4. The third-order valence-electron chi connectivity index (χ3n) is 10.5. The maximum Gasteiger partial charge on any atom is 0.137 e. The Morgan fingerprint density at radius 2 is 1.04 bits per heavy atom. The van der Waals surface area contributed by atoms with Crippen LogP contribution in [0, 0.1) is 0 Å². The van der Waals surface area contributed by atoms with E-state index in [1.807, 2.05) is 6.07 Å². The van der Waals surface area contributed by atoms with Gasteiger partial charge in [-0.2, -0.15) is 0 Å². The van der Waals surface area contributed by atoms with Gasteiger partial charge in [0.1, 0.15) is 11.2 Å². The van der Waals surface area contributed by atoms with Crippen molar-refractivity contribution in [1.29, 1.82) is 0 Å². The Morgan fingerprint density at radius 3 is 1.96 bits per heavy atom. The molecular weight excluding hydrogens is 621 g/mol. The lowest BCUT2D eigenvalue weighted by atomic mass is 9.95. The molecule has 0 bridgehead atoms. The van der Waals surface area contributed by atoms with Crippen LogP contribution < -0.4 is 4.90 Å². The smallest absolute Gasteiger partial charge is 0.137 e. The van der Waals surface area contributed by atoms with Gasteiger partial charge < -0.3 is 13.9 Å². The predicted molar refractivity (Wildman–Crippen MR) is 215 cm³/mol. The highest BCUT2D eigenvalue weighted by molar-refractivity contribution is 6.23. The molecule has 2 aromatic heterocycles. The average molecular weight is 651 g/mol. The number of fused-ring (bicyclic) bond motifs is 11. The van der Waals surface area contributed by atoms with E-state index in [9.17, 15) is 0 Å². The molecule has 0 atom stereocenters. The van der Waals surface area contributed by atoms with Crippen LogP contribution in [-0.2, 0) is 0 Å². The number of aromatic nitrogens is 1. The van der Waals surface area contributed by atoms with Gasteiger partial charge in [-0.25, -0.2) is 0 Å². The minimum atomic E-state index is 0.872. The lowest BCUT2D eigenvalue weighted by Crippen LogP contribution is -2.11. The fourth-order valence-electron chi connectivity index (χ4n) is 8.35. The van der Waals surface area contributed by atoms with Crippen LogP contribution in [0.15, 0.2) is 186 Å². The molecule has 0 fully saturated rings. The molecule has 9 aromatic carbocycles. The average Bonchev–Trinajstić information content (AvgIpc) is 3.74. The predicted octanol–water partition coefficient (Wildman–Crippen LogP) is 13.6. The van der Waals surface area contributed by atoms with Crippen LogP contribution in [0.25, 0.3) is 81.7 Å². The largest absolute Gasteiger partial charge is 0.456 e. The molecule has 0 aliphatic heterocycles. The molecule has 0 N–H and O–H groups in total. The molecule has 0 aliphatic rings. The maximum absolute atomic E-state index is 6.46. The minimum absolute atomic E-state index is 0.872. The number of furan rings is 1. The lowest BCUT2D eigenvalue weighted by Gasteiger charge is -2.28. The number of anilines is 3. The summed E-state index contributed by atoms with van der Waals surface area (Å²) in [6, 6.07) is 65.6. The SMILES string of the molecule is c1ccc(-n2c3ccccc3c3cc(N(c4cccc5c4ccc4ccc6ccccc6c45)c4cccc5oc6ccccc6c45)ccc32)cc1. The molecule has 3 nitrogen and oxygen atoms in total. The second-order valence-electron chi connectivity index (χ2n) is 13.3. The lowest BCUT2D eigenvalue weighted by molar-refractivity contribution is 0.669. The highest BCUT2D eigenvalue weighted by Crippen LogP contribution is 2.47. The maximum atomic E-state index is 6.46. The number of para-hydroxylation sites is 3. The first kappa shape index (κ1) is 28.0. The molecule has 0 saturated carbocycles. The molecule has 0 saturated heterocycles. The fourth-order valence-corrected chi connectivity index (χ4v) is 8.35. The first-order valence-corrected chi connectivity index (χ1v) is 17.4. The topological polar surface area (TPSA) is 21.3 Å². The summed E-state index contributed by atoms with van der Waals surface area (Å²) < 4.78 is 8.83. The van der Waals surface area contributed by atoms with Crippen molar-refractivity contribution in [1.82, 2.24) is 4.57 Å². The van der Waals surface area contributed by atoms with E-state index in [4.69, 9.17) is 4.42 Å². The Labute approximate surface area is 293 Å². The van der Waals surface area contributed by atoms with Gasteiger partial charge in [0.2, 0.25) is 0 Å². The molecular formula is C48H30N2O. The minimum Gasteiger partial charge on any atom is -0.456 e. The summed E-state index contributed by atoms with van der Waals surface area (Å²) >= 11 is 0. The van der Waals surface area contributed by atoms with Crippen LogP contribution in [0.3, 0.4) is 0 Å². The van der Waals surface area contributed by atoms with Gasteiger partial charge in [-0.15, -0.1) is 0 Å². The second-order valence-corrected chi connectivity index (χ2v) is 13.3. The summed E-state index contributed by atoms with van der Waals surface area (Å²) in [4.78, 5) is 2.44. The molecule has 0 spiro atoms. The van der Waals surface area contributed by atoms with E-state index >= 15 is 0 Å². The Hall–Kier alpha value is -6.84. The quantitative estimate of drug-likeness (QED) is 0.177. The molecule has 0 unspecified atom stereocenters. The third kappa shape index (κ3) is 4.12. The Kier molecular flexibility index (Phi) is 5.96. The first-order chi connectivity index (χ1) is 25.3. The highest BCUT2D eigenvalue weighted by Gasteiger charge is 2.23. The van der Waals surface area contributed by atoms with Crippen molar-refractivity contribution in [3.05, 3.63) is 182 Å². The van der Waals surface area contributed by atoms with E-state index in [2.05, 4.69) is 185 Å². The number of benzene rings is 9. The molecule has 238 valence electrons. The number of hydrogen-bond donors (Lipinski definition) is 0. The van der Waals surface area contributed by atoms with Crippen molar-refractivity contribution >= 4 is 93.1 Å². The van der Waals surface area contributed by atoms with Crippen molar-refractivity contribution in [2.24, 2.45) is 0 Å². The monoisotopic (exact) mass is 650 g/mol. The van der Waals surface area contributed by atoms with Gasteiger partial charge in [0.05, 0.1) is 27.8 Å². The standard InChI is InChI=1S/C48H30N2O/c1-2-13-33(14-3-1)49-41-19-8-6-16-36(41)40-30-34(27-29-43(40)49)50(44-21-11-23-46-48(44)39-17-7-9-22-45(39)51-46)42-20-10-18-38-37(42)28-26-32-25-24-31-12-4-5-15-35(31)47(32)38/h1-30H. The summed E-state index contributed by atoms with van der Waals surface area (Å²) in [6.45, 7) is 0. The van der Waals surface area contributed by atoms with Crippen LogP contribution in [-0.4, -0.2) is 4.57 Å². The Balaban J connectivity index is 1.25. The van der Waals surface area contributed by atoms with Crippen molar-refractivity contribution in [2.75, 3.05) is 4.90 Å². The molecule has 11 rings (SSSR count). The number of nitrogens with zero attached hydrogens (tertiary/aromatic N) is 2. The van der Waals surface area contributed by atoms with Crippen LogP contribution >= 0.6 is 0 Å². The fraction of sp³-hybridized carbons (Fsp3) is 0. The summed E-state index contributed by atoms with van der Waals surface area (Å²) in [7, 11) is 0. The molecule has 11 aromatic rings. The van der Waals surface area contributed by atoms with Gasteiger partial charge in [-0.05, 0) is 87.6 Å². The van der Waals surface area contributed by atoms with Gasteiger partial charge in [0, 0.05) is 32.9 Å². The van der Waals surface area contributed by atoms with Crippen molar-refractivity contribution < 1.29 is 4.42 Å². The summed E-state index contributed by atoms with van der Waals surface area (Å²) in [5.74, 6) is 0. The zero-order valence-electron chi connectivity index (χ0n) is 27.6. The van der Waals surface area contributed by atoms with E-state index in [0.29, 0.717) is 0 Å². The molecule has 2 heterocycles. The van der Waals surface area contributed by atoms with Gasteiger partial charge >= 0.3 is 0 Å². The summed E-state index contributed by atoms with van der Waals surface area (Å²) in [5, 5.41) is 12.1. The van der Waals surface area contributed by atoms with Crippen LogP contribution in [0.1, 0.15) is 0 Å². The zero-order chi connectivity index (χ0) is 33.5.